The fourth-order valence-electron chi connectivity index (χ4n) is 3.72. The predicted octanol–water partition coefficient (Wildman–Crippen LogP) is 5.80. The summed E-state index contributed by atoms with van der Waals surface area (Å²) in [4.78, 5) is 12.3. The Bertz CT molecular complexity index is 882. The molecule has 2 fully saturated rings. The average Bonchev–Trinajstić information content (AvgIpc) is 3.05. The Morgan fingerprint density at radius 2 is 1.75 bits per heavy atom. The second-order valence-electron chi connectivity index (χ2n) is 7.29. The number of hydrogen-bond acceptors (Lipinski definition) is 4. The zero-order chi connectivity index (χ0) is 19.3. The first-order valence-corrected chi connectivity index (χ1v) is 11.0. The van der Waals surface area contributed by atoms with Crippen molar-refractivity contribution in [3.8, 4) is 5.75 Å². The van der Waals surface area contributed by atoms with Crippen molar-refractivity contribution in [1.82, 2.24) is 5.32 Å². The van der Waals surface area contributed by atoms with Gasteiger partial charge >= 0.3 is 0 Å². The van der Waals surface area contributed by atoms with Crippen molar-refractivity contribution in [2.45, 2.75) is 44.6 Å². The van der Waals surface area contributed by atoms with Gasteiger partial charge in [-0.05, 0) is 53.7 Å². The third-order valence-electron chi connectivity index (χ3n) is 5.28. The van der Waals surface area contributed by atoms with Crippen molar-refractivity contribution in [1.29, 1.82) is 0 Å². The van der Waals surface area contributed by atoms with Gasteiger partial charge in [0.15, 0.2) is 0 Å². The monoisotopic (exact) mass is 409 g/mol. The number of carbonyl (C=O) groups excluding carboxylic acids is 1. The van der Waals surface area contributed by atoms with Crippen LogP contribution in [0.25, 0.3) is 6.08 Å². The molecule has 0 radical (unpaired) electrons. The summed E-state index contributed by atoms with van der Waals surface area (Å²) in [6, 6.07) is 16.6. The summed E-state index contributed by atoms with van der Waals surface area (Å²) < 4.78 is 6.42. The van der Waals surface area contributed by atoms with E-state index in [2.05, 4.69) is 29.6 Å². The van der Waals surface area contributed by atoms with Gasteiger partial charge in [0.1, 0.15) is 16.7 Å². The van der Waals surface area contributed by atoms with E-state index in [1.165, 1.54) is 55.0 Å². The second kappa shape index (κ2) is 8.93. The van der Waals surface area contributed by atoms with E-state index >= 15 is 0 Å². The number of nitrogens with one attached hydrogen (secondary N) is 1. The van der Waals surface area contributed by atoms with Gasteiger partial charge in [-0.3, -0.25) is 4.79 Å². The van der Waals surface area contributed by atoms with E-state index in [0.29, 0.717) is 15.8 Å². The first-order chi connectivity index (χ1) is 13.7. The Morgan fingerprint density at radius 1 is 1.04 bits per heavy atom. The highest BCUT2D eigenvalue weighted by atomic mass is 32.2. The van der Waals surface area contributed by atoms with E-state index in [1.807, 2.05) is 30.3 Å². The number of thiocarbonyl (C=S) groups is 1. The van der Waals surface area contributed by atoms with Crippen molar-refractivity contribution >= 4 is 40.3 Å². The first-order valence-electron chi connectivity index (χ1n) is 9.74. The van der Waals surface area contributed by atoms with Gasteiger partial charge in [0.25, 0.3) is 5.91 Å². The van der Waals surface area contributed by atoms with E-state index in [0.717, 1.165) is 17.2 Å². The van der Waals surface area contributed by atoms with E-state index in [4.69, 9.17) is 17.0 Å². The molecule has 5 heteroatoms. The van der Waals surface area contributed by atoms with Gasteiger partial charge in [-0.1, -0.05) is 79.6 Å². The summed E-state index contributed by atoms with van der Waals surface area (Å²) in [6.07, 6.45) is 8.59. The van der Waals surface area contributed by atoms with Crippen LogP contribution in [-0.4, -0.2) is 10.2 Å². The topological polar surface area (TPSA) is 38.3 Å². The molecule has 0 aromatic heterocycles. The van der Waals surface area contributed by atoms with Crippen LogP contribution in [0.3, 0.4) is 0 Å². The maximum Gasteiger partial charge on any atom is 0.263 e. The highest BCUT2D eigenvalue weighted by Crippen LogP contribution is 2.32. The van der Waals surface area contributed by atoms with Gasteiger partial charge in [0.05, 0.1) is 4.91 Å². The summed E-state index contributed by atoms with van der Waals surface area (Å²) in [5.41, 5.74) is 3.60. The lowest BCUT2D eigenvalue weighted by molar-refractivity contribution is -0.115. The lowest BCUT2D eigenvalue weighted by Gasteiger charge is -2.22. The molecule has 4 rings (SSSR count). The minimum absolute atomic E-state index is 0.132. The maximum atomic E-state index is 11.7. The molecule has 1 saturated carbocycles. The van der Waals surface area contributed by atoms with Gasteiger partial charge in [-0.2, -0.15) is 0 Å². The number of carbonyl (C=O) groups is 1. The normalized spacial score (nSPS) is 19.1. The molecule has 0 unspecified atom stereocenters. The molecule has 28 heavy (non-hydrogen) atoms. The molecule has 2 aromatic rings. The van der Waals surface area contributed by atoms with E-state index in [9.17, 15) is 4.79 Å². The third-order valence-corrected chi connectivity index (χ3v) is 6.44. The highest BCUT2D eigenvalue weighted by molar-refractivity contribution is 8.26. The highest BCUT2D eigenvalue weighted by Gasteiger charge is 2.21. The molecular formula is C23H23NO2S2. The molecule has 3 nitrogen and oxygen atoms in total. The lowest BCUT2D eigenvalue weighted by Crippen LogP contribution is -2.17. The van der Waals surface area contributed by atoms with Crippen molar-refractivity contribution in [3.05, 3.63) is 70.1 Å². The number of rotatable bonds is 5. The molecule has 2 aromatic carbocycles. The van der Waals surface area contributed by atoms with Crippen molar-refractivity contribution in [2.75, 3.05) is 0 Å². The molecule has 1 heterocycles. The van der Waals surface area contributed by atoms with E-state index in [1.54, 1.807) is 0 Å². The van der Waals surface area contributed by atoms with Gasteiger partial charge in [-0.25, -0.2) is 0 Å². The van der Waals surface area contributed by atoms with Gasteiger partial charge in [0.2, 0.25) is 0 Å². The molecule has 1 N–H and O–H groups in total. The molecule has 0 bridgehead atoms. The SMILES string of the molecule is O=C1NC(=S)SC1=Cc1ccc(OCc2ccc(C3CCCCC3)cc2)cc1. The fourth-order valence-corrected chi connectivity index (χ4v) is 4.77. The molecule has 1 aliphatic carbocycles. The maximum absolute atomic E-state index is 11.7. The van der Waals surface area contributed by atoms with Gasteiger partial charge < -0.3 is 10.1 Å². The van der Waals surface area contributed by atoms with Crippen LogP contribution < -0.4 is 10.1 Å². The van der Waals surface area contributed by atoms with Crippen LogP contribution in [0.2, 0.25) is 0 Å². The van der Waals surface area contributed by atoms with E-state index in [-0.39, 0.29) is 5.91 Å². The second-order valence-corrected chi connectivity index (χ2v) is 9.01. The average molecular weight is 410 g/mol. The number of thioether (sulfide) groups is 1. The standard InChI is InChI=1S/C23H23NO2S2/c25-22-21(28-23(27)24-22)14-16-8-12-20(13-9-16)26-15-17-6-10-19(11-7-17)18-4-2-1-3-5-18/h6-14,18H,1-5,15H2,(H,24,25,27). The lowest BCUT2D eigenvalue weighted by atomic mass is 9.84. The fraction of sp³-hybridized carbons (Fsp3) is 0.304. The van der Waals surface area contributed by atoms with Gasteiger partial charge in [0, 0.05) is 0 Å². The Labute approximate surface area is 175 Å². The minimum atomic E-state index is -0.132. The summed E-state index contributed by atoms with van der Waals surface area (Å²) in [7, 11) is 0. The zero-order valence-corrected chi connectivity index (χ0v) is 17.3. The largest absolute Gasteiger partial charge is 0.489 e. The predicted molar refractivity (Wildman–Crippen MR) is 119 cm³/mol. The minimum Gasteiger partial charge on any atom is -0.489 e. The molecule has 1 saturated heterocycles. The van der Waals surface area contributed by atoms with Crippen LogP contribution in [0.5, 0.6) is 5.75 Å². The van der Waals surface area contributed by atoms with Crippen molar-refractivity contribution < 1.29 is 9.53 Å². The molecule has 0 spiro atoms. The molecule has 144 valence electrons. The van der Waals surface area contributed by atoms with Crippen molar-refractivity contribution in [2.24, 2.45) is 0 Å². The molecule has 1 aliphatic heterocycles. The summed E-state index contributed by atoms with van der Waals surface area (Å²) >= 11 is 6.30. The molecule has 1 amide bonds. The summed E-state index contributed by atoms with van der Waals surface area (Å²) in [5, 5.41) is 2.62. The summed E-state index contributed by atoms with van der Waals surface area (Å²) in [5.74, 6) is 1.42. The number of ether oxygens (including phenoxy) is 1. The van der Waals surface area contributed by atoms with Crippen molar-refractivity contribution in [3.63, 3.8) is 0 Å². The number of hydrogen-bond donors (Lipinski definition) is 1. The molecule has 2 aliphatic rings. The quantitative estimate of drug-likeness (QED) is 0.500. The molecular weight excluding hydrogens is 386 g/mol. The van der Waals surface area contributed by atoms with Crippen LogP contribution in [0.15, 0.2) is 53.4 Å². The Kier molecular flexibility index (Phi) is 6.13. The third kappa shape index (κ3) is 4.83. The number of benzene rings is 2. The van der Waals surface area contributed by atoms with Crippen LogP contribution in [0, 0.1) is 0 Å². The van der Waals surface area contributed by atoms with Crippen LogP contribution in [0.1, 0.15) is 54.7 Å². The van der Waals surface area contributed by atoms with Crippen LogP contribution >= 0.6 is 24.0 Å². The van der Waals surface area contributed by atoms with Crippen LogP contribution in [0.4, 0.5) is 0 Å². The van der Waals surface area contributed by atoms with E-state index < -0.39 is 0 Å². The molecule has 0 atom stereocenters. The smallest absolute Gasteiger partial charge is 0.263 e. The summed E-state index contributed by atoms with van der Waals surface area (Å²) in [6.45, 7) is 0.553. The van der Waals surface area contributed by atoms with Crippen LogP contribution in [-0.2, 0) is 11.4 Å². The van der Waals surface area contributed by atoms with Gasteiger partial charge in [-0.15, -0.1) is 0 Å². The Morgan fingerprint density at radius 3 is 2.39 bits per heavy atom. The number of amides is 1. The first kappa shape index (κ1) is 19.2. The Balaban J connectivity index is 1.33. The zero-order valence-electron chi connectivity index (χ0n) is 15.6. The Hall–Kier alpha value is -2.11.